The maximum absolute atomic E-state index is 14.3. The number of ether oxygens (including phenoxy) is 1. The van der Waals surface area contributed by atoms with Gasteiger partial charge in [0.2, 0.25) is 0 Å². The van der Waals surface area contributed by atoms with E-state index in [9.17, 15) is 9.18 Å². The third-order valence-electron chi connectivity index (χ3n) is 4.18. The van der Waals surface area contributed by atoms with E-state index in [0.717, 1.165) is 0 Å². The molecule has 4 heterocycles. The zero-order valence-corrected chi connectivity index (χ0v) is 19.6. The van der Waals surface area contributed by atoms with Crippen molar-refractivity contribution in [3.63, 3.8) is 0 Å². The number of pyridine rings is 3. The summed E-state index contributed by atoms with van der Waals surface area (Å²) in [5.41, 5.74) is 2.62. The molecule has 11 heteroatoms. The number of rotatable bonds is 4. The topological polar surface area (TPSA) is 89.9 Å². The first-order valence-electron chi connectivity index (χ1n) is 8.46. The van der Waals surface area contributed by atoms with Gasteiger partial charge in [-0.1, -0.05) is 0 Å². The standard InChI is InChI=1S/C19H12BrClFN5O2Se/c1-8-3-9(10-4-14(21)24-7-13(10)29-2)11(5-23-8)18(28)27-19-26-12-6-25-17(20)15(22)16(12)30-19/h3-7H,1-2H3,(H,26,27,28). The fourth-order valence-electron chi connectivity index (χ4n) is 2.82. The number of anilines is 1. The molecule has 7 nitrogen and oxygen atoms in total. The molecule has 0 aliphatic heterocycles. The van der Waals surface area contributed by atoms with Gasteiger partial charge in [0.25, 0.3) is 0 Å². The molecule has 0 aromatic carbocycles. The van der Waals surface area contributed by atoms with Gasteiger partial charge in [-0.05, 0) is 0 Å². The summed E-state index contributed by atoms with van der Waals surface area (Å²) in [4.78, 5) is 29.5. The Labute approximate surface area is 189 Å². The van der Waals surface area contributed by atoms with Crippen LogP contribution in [-0.4, -0.2) is 47.5 Å². The van der Waals surface area contributed by atoms with E-state index in [1.165, 1.54) is 25.7 Å². The van der Waals surface area contributed by atoms with Gasteiger partial charge in [0, 0.05) is 0 Å². The molecule has 0 saturated heterocycles. The third-order valence-corrected chi connectivity index (χ3v) is 7.00. The van der Waals surface area contributed by atoms with E-state index < -0.39 is 26.2 Å². The first-order chi connectivity index (χ1) is 14.4. The Balaban J connectivity index is 1.76. The Bertz CT molecular complexity index is 1300. The van der Waals surface area contributed by atoms with Crippen molar-refractivity contribution in [2.75, 3.05) is 12.4 Å². The fourth-order valence-corrected chi connectivity index (χ4v) is 5.40. The van der Waals surface area contributed by atoms with Gasteiger partial charge in [0.15, 0.2) is 0 Å². The van der Waals surface area contributed by atoms with Crippen LogP contribution in [0.5, 0.6) is 5.75 Å². The number of aryl methyl sites for hydroxylation is 1. The van der Waals surface area contributed by atoms with Gasteiger partial charge in [-0.25, -0.2) is 0 Å². The SMILES string of the molecule is COc1cnc(Cl)cc1-c1cc(C)ncc1C(=O)Nc1nc2cnc(Br)c(F)c2[se]1. The van der Waals surface area contributed by atoms with Crippen molar-refractivity contribution in [1.29, 1.82) is 0 Å². The number of carbonyl (C=O) groups is 1. The summed E-state index contributed by atoms with van der Waals surface area (Å²) < 4.78 is 20.6. The molecule has 0 aliphatic carbocycles. The second-order valence-corrected chi connectivity index (χ2v) is 9.36. The summed E-state index contributed by atoms with van der Waals surface area (Å²) in [5, 5.41) is 3.03. The minimum absolute atomic E-state index is 0.123. The van der Waals surface area contributed by atoms with Crippen molar-refractivity contribution in [3.05, 3.63) is 57.6 Å². The summed E-state index contributed by atoms with van der Waals surface area (Å²) in [6, 6.07) is 3.39. The predicted octanol–water partition coefficient (Wildman–Crippen LogP) is 4.27. The van der Waals surface area contributed by atoms with E-state index in [0.29, 0.717) is 42.6 Å². The Hall–Kier alpha value is -2.39. The average Bonchev–Trinajstić information content (AvgIpc) is 3.14. The van der Waals surface area contributed by atoms with Gasteiger partial charge >= 0.3 is 190 Å². The third kappa shape index (κ3) is 3.96. The number of amides is 1. The molecule has 0 spiro atoms. The van der Waals surface area contributed by atoms with Crippen LogP contribution in [0.2, 0.25) is 5.15 Å². The first-order valence-corrected chi connectivity index (χ1v) is 11.3. The van der Waals surface area contributed by atoms with Crippen LogP contribution >= 0.6 is 27.5 Å². The molecular formula is C19H12BrClFN5O2Se. The summed E-state index contributed by atoms with van der Waals surface area (Å²) in [6.07, 6.45) is 4.43. The monoisotopic (exact) mass is 555 g/mol. The van der Waals surface area contributed by atoms with Crippen LogP contribution in [0.3, 0.4) is 0 Å². The molecular weight excluding hydrogens is 544 g/mol. The minimum atomic E-state index is -0.503. The Morgan fingerprint density at radius 3 is 2.77 bits per heavy atom. The summed E-state index contributed by atoms with van der Waals surface area (Å²) in [5.74, 6) is -0.422. The van der Waals surface area contributed by atoms with Gasteiger partial charge in [0.1, 0.15) is 0 Å². The quantitative estimate of drug-likeness (QED) is 0.299. The summed E-state index contributed by atoms with van der Waals surface area (Å²) in [7, 11) is 1.51. The second-order valence-electron chi connectivity index (χ2n) is 6.13. The van der Waals surface area contributed by atoms with Crippen molar-refractivity contribution in [1.82, 2.24) is 19.9 Å². The van der Waals surface area contributed by atoms with E-state index in [1.54, 1.807) is 12.1 Å². The number of carbonyl (C=O) groups excluding carboxylic acids is 1. The van der Waals surface area contributed by atoms with E-state index >= 15 is 0 Å². The molecule has 1 amide bonds. The van der Waals surface area contributed by atoms with Gasteiger partial charge in [-0.3, -0.25) is 0 Å². The molecule has 0 unspecified atom stereocenters. The summed E-state index contributed by atoms with van der Waals surface area (Å²) in [6.45, 7) is 1.81. The van der Waals surface area contributed by atoms with Gasteiger partial charge < -0.3 is 0 Å². The first kappa shape index (κ1) is 20.9. The molecule has 0 atom stereocenters. The van der Waals surface area contributed by atoms with Crippen molar-refractivity contribution >= 4 is 62.4 Å². The van der Waals surface area contributed by atoms with Crippen LogP contribution in [-0.2, 0) is 0 Å². The van der Waals surface area contributed by atoms with E-state index in [2.05, 4.69) is 41.2 Å². The Morgan fingerprint density at radius 1 is 1.20 bits per heavy atom. The summed E-state index contributed by atoms with van der Waals surface area (Å²) >= 11 is 8.63. The molecule has 0 saturated carbocycles. The van der Waals surface area contributed by atoms with Gasteiger partial charge in [0.05, 0.1) is 0 Å². The molecule has 1 N–H and O–H groups in total. The van der Waals surface area contributed by atoms with Crippen LogP contribution < -0.4 is 10.1 Å². The van der Waals surface area contributed by atoms with Gasteiger partial charge in [-0.15, -0.1) is 0 Å². The van der Waals surface area contributed by atoms with Crippen molar-refractivity contribution in [3.8, 4) is 16.9 Å². The Morgan fingerprint density at radius 2 is 2.00 bits per heavy atom. The number of fused-ring (bicyclic) bond motifs is 1. The number of hydrogen-bond acceptors (Lipinski definition) is 6. The van der Waals surface area contributed by atoms with Gasteiger partial charge in [-0.2, -0.15) is 0 Å². The maximum atomic E-state index is 14.3. The molecule has 0 radical (unpaired) electrons. The molecule has 0 bridgehead atoms. The van der Waals surface area contributed by atoms with Crippen molar-refractivity contribution in [2.45, 2.75) is 6.92 Å². The van der Waals surface area contributed by atoms with Crippen molar-refractivity contribution in [2.24, 2.45) is 0 Å². The predicted molar refractivity (Wildman–Crippen MR) is 116 cm³/mol. The molecule has 0 aliphatic rings. The number of halogens is 3. The molecule has 152 valence electrons. The number of hydrogen-bond donors (Lipinski definition) is 1. The molecule has 4 aromatic rings. The zero-order valence-electron chi connectivity index (χ0n) is 15.5. The van der Waals surface area contributed by atoms with Crippen LogP contribution in [0.15, 0.2) is 35.3 Å². The van der Waals surface area contributed by atoms with Crippen LogP contribution in [0.25, 0.3) is 20.9 Å². The van der Waals surface area contributed by atoms with Crippen LogP contribution in [0, 0.1) is 12.7 Å². The number of aromatic nitrogens is 4. The zero-order chi connectivity index (χ0) is 21.4. The van der Waals surface area contributed by atoms with Crippen LogP contribution in [0.4, 0.5) is 9.08 Å². The Kier molecular flexibility index (Phi) is 5.83. The van der Waals surface area contributed by atoms with E-state index in [-0.39, 0.29) is 9.76 Å². The molecule has 30 heavy (non-hydrogen) atoms. The van der Waals surface area contributed by atoms with E-state index in [1.807, 2.05) is 6.92 Å². The molecule has 4 aromatic heterocycles. The molecule has 4 rings (SSSR count). The number of nitrogens with zero attached hydrogens (tertiary/aromatic N) is 4. The number of methoxy groups -OCH3 is 1. The fraction of sp³-hybridized carbons (Fsp3) is 0.105. The van der Waals surface area contributed by atoms with E-state index in [4.69, 9.17) is 16.3 Å². The van der Waals surface area contributed by atoms with Crippen LogP contribution in [0.1, 0.15) is 16.1 Å². The number of nitrogens with one attached hydrogen (secondary N) is 1. The van der Waals surface area contributed by atoms with Crippen molar-refractivity contribution < 1.29 is 13.9 Å². The second kappa shape index (κ2) is 8.39. The average molecular weight is 556 g/mol. The molecule has 0 fully saturated rings. The normalized spacial score (nSPS) is 11.0.